The maximum atomic E-state index is 3.76. The predicted octanol–water partition coefficient (Wildman–Crippen LogP) is 2.97. The summed E-state index contributed by atoms with van der Waals surface area (Å²) in [6, 6.07) is 0. The van der Waals surface area contributed by atoms with Crippen molar-refractivity contribution in [1.82, 2.24) is 0 Å². The fraction of sp³-hybridized carbons (Fsp3) is 0.455. The Hall–Kier alpha value is -0.183. The van der Waals surface area contributed by atoms with Crippen molar-refractivity contribution in [1.29, 1.82) is 0 Å². The monoisotopic (exact) mass is 154 g/mol. The van der Waals surface area contributed by atoms with Gasteiger partial charge in [0.05, 0.1) is 0 Å². The van der Waals surface area contributed by atoms with Crippen molar-refractivity contribution in [2.45, 2.75) is 26.2 Å². The van der Waals surface area contributed by atoms with E-state index in [4.69, 9.17) is 0 Å². The van der Waals surface area contributed by atoms with Crippen molar-refractivity contribution in [2.75, 3.05) is 0 Å². The van der Waals surface area contributed by atoms with Crippen LogP contribution < -0.4 is 0 Å². The Morgan fingerprint density at radius 1 is 1.75 bits per heavy atom. The van der Waals surface area contributed by atoms with Crippen LogP contribution in [0.3, 0.4) is 0 Å². The summed E-state index contributed by atoms with van der Waals surface area (Å²) < 4.78 is 1.55. The molecule has 0 N–H and O–H groups in total. The van der Waals surface area contributed by atoms with E-state index < -0.39 is 0 Å². The fourth-order valence-corrected chi connectivity index (χ4v) is 1.64. The summed E-state index contributed by atoms with van der Waals surface area (Å²) in [7, 11) is 0. The van der Waals surface area contributed by atoms with Gasteiger partial charge in [0.1, 0.15) is 0 Å². The van der Waals surface area contributed by atoms with Crippen molar-refractivity contribution < 1.29 is 0 Å². The molecule has 0 saturated heterocycles. The topological polar surface area (TPSA) is 0 Å². The second-order valence-electron chi connectivity index (χ2n) is 3.75. The first-order chi connectivity index (χ1) is 5.74. The second-order valence-corrected chi connectivity index (χ2v) is 3.75. The van der Waals surface area contributed by atoms with Gasteiger partial charge in [-0.3, -0.25) is 0 Å². The Kier molecular flexibility index (Phi) is 3.92. The molecular formula is C11H15Li. The molecule has 1 aliphatic rings. The summed E-state index contributed by atoms with van der Waals surface area (Å²) >= 11 is 2.23. The molecule has 0 heterocycles. The van der Waals surface area contributed by atoms with Gasteiger partial charge in [-0.05, 0) is 0 Å². The molecule has 1 unspecified atom stereocenters. The molecule has 1 aliphatic carbocycles. The molecule has 0 bridgehead atoms. The van der Waals surface area contributed by atoms with Crippen molar-refractivity contribution in [2.24, 2.45) is 5.92 Å². The molecule has 0 nitrogen and oxygen atoms in total. The van der Waals surface area contributed by atoms with Crippen LogP contribution in [-0.4, -0.2) is 17.7 Å². The van der Waals surface area contributed by atoms with Gasteiger partial charge in [-0.1, -0.05) is 0 Å². The number of hydrogen-bond acceptors (Lipinski definition) is 0. The first-order valence-corrected chi connectivity index (χ1v) is 4.70. The third kappa shape index (κ3) is 2.70. The molecule has 0 radical (unpaired) electrons. The van der Waals surface area contributed by atoms with E-state index in [1.165, 1.54) is 6.42 Å². The first kappa shape index (κ1) is 9.90. The standard InChI is InChI=1S/C11H15.Li/c1-3-6-10(2)9-11-7-4-5-8-11;/h3-4,7,10H,1,5-6,9H2,2H3;. The van der Waals surface area contributed by atoms with E-state index in [9.17, 15) is 0 Å². The van der Waals surface area contributed by atoms with Gasteiger partial charge < -0.3 is 0 Å². The summed E-state index contributed by atoms with van der Waals surface area (Å²) in [4.78, 5) is 0. The molecule has 0 aliphatic heterocycles. The van der Waals surface area contributed by atoms with E-state index in [-0.39, 0.29) is 0 Å². The zero-order chi connectivity index (χ0) is 8.97. The van der Waals surface area contributed by atoms with E-state index >= 15 is 0 Å². The van der Waals surface area contributed by atoms with E-state index in [0.717, 1.165) is 18.8 Å². The van der Waals surface area contributed by atoms with Crippen molar-refractivity contribution in [3.05, 3.63) is 34.6 Å². The summed E-state index contributed by atoms with van der Waals surface area (Å²) in [6.45, 7) is 6.05. The molecule has 0 aromatic rings. The molecule has 1 rings (SSSR count). The fourth-order valence-electron chi connectivity index (χ4n) is 1.64. The van der Waals surface area contributed by atoms with Gasteiger partial charge >= 0.3 is 84.4 Å². The molecular weight excluding hydrogens is 139 g/mol. The Bertz CT molecular complexity index is 223. The third-order valence-corrected chi connectivity index (χ3v) is 2.43. The molecule has 1 heteroatoms. The first-order valence-electron chi connectivity index (χ1n) is 4.70. The average Bonchev–Trinajstić information content (AvgIpc) is 2.37. The molecule has 0 amide bonds. The van der Waals surface area contributed by atoms with Gasteiger partial charge in [-0.25, -0.2) is 0 Å². The Labute approximate surface area is 84.6 Å². The van der Waals surface area contributed by atoms with Gasteiger partial charge in [-0.15, -0.1) is 0 Å². The van der Waals surface area contributed by atoms with Crippen LogP contribution >= 0.6 is 0 Å². The van der Waals surface area contributed by atoms with Crippen LogP contribution in [0.2, 0.25) is 0 Å². The summed E-state index contributed by atoms with van der Waals surface area (Å²) in [6.07, 6.45) is 10.1. The normalized spacial score (nSPS) is 18.6. The molecule has 12 heavy (non-hydrogen) atoms. The number of allylic oxidation sites excluding steroid dienone is 5. The summed E-state index contributed by atoms with van der Waals surface area (Å²) in [5, 5.41) is 0. The predicted molar refractivity (Wildman–Crippen MR) is 55.1 cm³/mol. The molecule has 1 atom stereocenters. The van der Waals surface area contributed by atoms with Crippen molar-refractivity contribution in [3.8, 4) is 0 Å². The summed E-state index contributed by atoms with van der Waals surface area (Å²) in [5.74, 6) is 0.746. The third-order valence-electron chi connectivity index (χ3n) is 2.43. The van der Waals surface area contributed by atoms with Crippen LogP contribution in [0, 0.1) is 5.92 Å². The van der Waals surface area contributed by atoms with Crippen LogP contribution in [0.15, 0.2) is 34.6 Å². The van der Waals surface area contributed by atoms with E-state index in [1.807, 2.05) is 6.08 Å². The average molecular weight is 154 g/mol. The quantitative estimate of drug-likeness (QED) is 0.431. The Balaban J connectivity index is 2.45. The molecule has 0 saturated carbocycles. The summed E-state index contributed by atoms with van der Waals surface area (Å²) in [5.41, 5.74) is 1.55. The Morgan fingerprint density at radius 2 is 2.50 bits per heavy atom. The molecule has 0 fully saturated rings. The van der Waals surface area contributed by atoms with E-state index in [1.54, 1.807) is 9.82 Å². The van der Waals surface area contributed by atoms with Crippen LogP contribution in [0.25, 0.3) is 0 Å². The minimum absolute atomic E-state index is 0.746. The van der Waals surface area contributed by atoms with E-state index in [0.29, 0.717) is 0 Å². The minimum atomic E-state index is 0.746. The van der Waals surface area contributed by atoms with Crippen LogP contribution in [-0.2, 0) is 0 Å². The maximum absolute atomic E-state index is 3.76. The number of hydrogen-bond donors (Lipinski definition) is 0. The molecule has 60 valence electrons. The molecule has 0 aromatic heterocycles. The van der Waals surface area contributed by atoms with Crippen LogP contribution in [0.4, 0.5) is 0 Å². The number of rotatable bonds is 4. The van der Waals surface area contributed by atoms with Gasteiger partial charge in [0.25, 0.3) is 0 Å². The second kappa shape index (κ2) is 4.75. The SMILES string of the molecule is [Li][C]1=C(CC(C)CC=C)C=CC1. The Morgan fingerprint density at radius 3 is 3.00 bits per heavy atom. The zero-order valence-corrected chi connectivity index (χ0v) is 8.14. The van der Waals surface area contributed by atoms with Gasteiger partial charge in [0.2, 0.25) is 0 Å². The van der Waals surface area contributed by atoms with Gasteiger partial charge in [-0.2, -0.15) is 0 Å². The van der Waals surface area contributed by atoms with Crippen LogP contribution in [0.5, 0.6) is 0 Å². The van der Waals surface area contributed by atoms with Crippen LogP contribution in [0.1, 0.15) is 26.2 Å². The van der Waals surface area contributed by atoms with Crippen molar-refractivity contribution in [3.63, 3.8) is 0 Å². The molecule has 0 aromatic carbocycles. The zero-order valence-electron chi connectivity index (χ0n) is 8.14. The van der Waals surface area contributed by atoms with E-state index in [2.05, 4.69) is 43.4 Å². The van der Waals surface area contributed by atoms with Crippen molar-refractivity contribution >= 4 is 17.7 Å². The van der Waals surface area contributed by atoms with Gasteiger partial charge in [0, 0.05) is 0 Å². The molecule has 0 spiro atoms. The van der Waals surface area contributed by atoms with Gasteiger partial charge in [0.15, 0.2) is 0 Å².